The lowest BCUT2D eigenvalue weighted by Gasteiger charge is -2.41. The first-order valence-electron chi connectivity index (χ1n) is 15.6. The quantitative estimate of drug-likeness (QED) is 0.164. The molecule has 4 aromatic rings. The van der Waals surface area contributed by atoms with Crippen molar-refractivity contribution in [1.29, 1.82) is 0 Å². The van der Waals surface area contributed by atoms with Gasteiger partial charge in [-0.05, 0) is 80.1 Å². The van der Waals surface area contributed by atoms with Crippen molar-refractivity contribution < 1.29 is 23.4 Å². The monoisotopic (exact) mass is 636 g/mol. The fourth-order valence-corrected chi connectivity index (χ4v) is 7.41. The Balaban J connectivity index is 1.52. The second-order valence-electron chi connectivity index (χ2n) is 11.3. The summed E-state index contributed by atoms with van der Waals surface area (Å²) in [5.41, 5.74) is 6.66. The van der Waals surface area contributed by atoms with Crippen molar-refractivity contribution in [2.24, 2.45) is 0 Å². The summed E-state index contributed by atoms with van der Waals surface area (Å²) in [5.74, 6) is -0.0837. The third-order valence-corrected chi connectivity index (χ3v) is 10.4. The zero-order valence-electron chi connectivity index (χ0n) is 26.7. The third kappa shape index (κ3) is 7.00. The van der Waals surface area contributed by atoms with E-state index in [1.807, 2.05) is 51.4 Å². The summed E-state index contributed by atoms with van der Waals surface area (Å²) in [7, 11) is -3.38. The van der Waals surface area contributed by atoms with Gasteiger partial charge in [0.05, 0.1) is 18.7 Å². The smallest absolute Gasteiger partial charge is 0.239 e. The first-order chi connectivity index (χ1) is 21.7. The minimum atomic E-state index is -3.38. The number of rotatable bonds is 12. The van der Waals surface area contributed by atoms with Crippen LogP contribution in [0, 0.1) is 13.8 Å². The molecule has 12 heteroatoms. The maximum Gasteiger partial charge on any atom is 0.239 e. The van der Waals surface area contributed by atoms with E-state index in [9.17, 15) is 13.9 Å². The van der Waals surface area contributed by atoms with Gasteiger partial charge in [-0.3, -0.25) is 13.9 Å². The lowest BCUT2D eigenvalue weighted by Crippen LogP contribution is -2.34. The number of aryl methyl sites for hydroxylation is 3. The third-order valence-electron chi connectivity index (χ3n) is 8.47. The Morgan fingerprint density at radius 1 is 1.18 bits per heavy atom. The number of amides is 1. The SMILES string of the molecule is CCOCCNC(=O)CC(c1ccc(C)c(CN2CC(CC)Oc3ncccc3S2(O)O)c1)c1ccc2c(nnn2CC)c1C. The highest BCUT2D eigenvalue weighted by Crippen LogP contribution is 2.57. The molecular weight excluding hydrogens is 592 g/mol. The number of hydrogen-bond acceptors (Lipinski definition) is 9. The highest BCUT2D eigenvalue weighted by atomic mass is 32.3. The number of aromatic nitrogens is 4. The van der Waals surface area contributed by atoms with E-state index in [4.69, 9.17) is 9.47 Å². The van der Waals surface area contributed by atoms with Crippen LogP contribution in [0.25, 0.3) is 11.0 Å². The standard InChI is InChI=1S/C33H44N6O5S/c1-6-26-21-38(45(41,42)30-10-9-15-35-33(30)44-26)20-25-18-24(12-11-22(25)4)28(19-31(40)34-16-17-43-8-3)27-13-14-29-32(23(27)5)36-37-39(29)7-2/h9-15,18,26,28,41-42H,6-8,16-17,19-21H2,1-5H3,(H,34,40). The maximum atomic E-state index is 13.3. The number of carbonyl (C=O) groups is 1. The van der Waals surface area contributed by atoms with E-state index in [1.165, 1.54) is 0 Å². The Morgan fingerprint density at radius 3 is 2.76 bits per heavy atom. The van der Waals surface area contributed by atoms with Gasteiger partial charge in [0.2, 0.25) is 11.8 Å². The van der Waals surface area contributed by atoms with Crippen LogP contribution in [0.5, 0.6) is 5.88 Å². The predicted octanol–water partition coefficient (Wildman–Crippen LogP) is 5.84. The summed E-state index contributed by atoms with van der Waals surface area (Å²) in [6.07, 6.45) is 2.26. The Kier molecular flexibility index (Phi) is 10.4. The number of nitrogens with one attached hydrogen (secondary N) is 1. The van der Waals surface area contributed by atoms with Crippen LogP contribution in [0.15, 0.2) is 53.6 Å². The summed E-state index contributed by atoms with van der Waals surface area (Å²) in [5, 5.41) is 11.8. The van der Waals surface area contributed by atoms with Gasteiger partial charge in [-0.2, -0.15) is 4.31 Å². The molecule has 0 fully saturated rings. The maximum absolute atomic E-state index is 13.3. The number of pyridine rings is 1. The fraction of sp³-hybridized carbons (Fsp3) is 0.455. The average Bonchev–Trinajstić information content (AvgIpc) is 3.42. The van der Waals surface area contributed by atoms with Crippen LogP contribution in [0.4, 0.5) is 0 Å². The Labute approximate surface area is 266 Å². The Bertz CT molecular complexity index is 1640. The molecule has 1 amide bonds. The van der Waals surface area contributed by atoms with Gasteiger partial charge < -0.3 is 14.8 Å². The highest BCUT2D eigenvalue weighted by Gasteiger charge is 2.36. The van der Waals surface area contributed by atoms with Gasteiger partial charge in [0.25, 0.3) is 0 Å². The van der Waals surface area contributed by atoms with Crippen LogP contribution < -0.4 is 10.1 Å². The molecule has 3 N–H and O–H groups in total. The van der Waals surface area contributed by atoms with Crippen molar-refractivity contribution in [3.63, 3.8) is 0 Å². The fourth-order valence-electron chi connectivity index (χ4n) is 5.84. The molecule has 242 valence electrons. The van der Waals surface area contributed by atoms with Crippen molar-refractivity contribution in [3.8, 4) is 5.88 Å². The largest absolute Gasteiger partial charge is 0.472 e. The summed E-state index contributed by atoms with van der Waals surface area (Å²) in [6.45, 7) is 12.8. The molecule has 1 aliphatic heterocycles. The highest BCUT2D eigenvalue weighted by molar-refractivity contribution is 8.22. The van der Waals surface area contributed by atoms with Crippen molar-refractivity contribution in [2.45, 2.75) is 77.5 Å². The zero-order chi connectivity index (χ0) is 32.1. The molecule has 1 aliphatic rings. The molecule has 2 aromatic carbocycles. The molecule has 0 saturated heterocycles. The van der Waals surface area contributed by atoms with Crippen molar-refractivity contribution >= 4 is 27.7 Å². The van der Waals surface area contributed by atoms with E-state index in [0.29, 0.717) is 44.2 Å². The lowest BCUT2D eigenvalue weighted by molar-refractivity contribution is -0.121. The van der Waals surface area contributed by atoms with Crippen LogP contribution in [-0.4, -0.2) is 71.7 Å². The van der Waals surface area contributed by atoms with Gasteiger partial charge in [-0.1, -0.05) is 36.4 Å². The van der Waals surface area contributed by atoms with E-state index in [0.717, 1.165) is 38.9 Å². The molecule has 2 aromatic heterocycles. The Morgan fingerprint density at radius 2 is 2.00 bits per heavy atom. The molecule has 0 bridgehead atoms. The summed E-state index contributed by atoms with van der Waals surface area (Å²) in [6, 6.07) is 13.6. The summed E-state index contributed by atoms with van der Waals surface area (Å²) < 4.78 is 38.2. The normalized spacial score (nSPS) is 17.7. The van der Waals surface area contributed by atoms with Gasteiger partial charge in [-0.25, -0.2) is 9.67 Å². The minimum Gasteiger partial charge on any atom is -0.472 e. The van der Waals surface area contributed by atoms with Gasteiger partial charge in [0, 0.05) is 44.8 Å². The lowest BCUT2D eigenvalue weighted by atomic mass is 9.84. The van der Waals surface area contributed by atoms with Crippen LogP contribution in [0.2, 0.25) is 0 Å². The molecule has 0 radical (unpaired) electrons. The topological polar surface area (TPSA) is 135 Å². The molecule has 11 nitrogen and oxygen atoms in total. The summed E-state index contributed by atoms with van der Waals surface area (Å²) in [4.78, 5) is 17.9. The molecule has 45 heavy (non-hydrogen) atoms. The van der Waals surface area contributed by atoms with E-state index in [-0.39, 0.29) is 36.8 Å². The van der Waals surface area contributed by atoms with E-state index < -0.39 is 10.8 Å². The van der Waals surface area contributed by atoms with Crippen LogP contribution in [-0.2, 0) is 22.6 Å². The van der Waals surface area contributed by atoms with Crippen LogP contribution in [0.3, 0.4) is 0 Å². The van der Waals surface area contributed by atoms with Crippen LogP contribution in [0.1, 0.15) is 67.3 Å². The first kappa shape index (κ1) is 32.8. The Hall–Kier alpha value is -3.55. The number of ether oxygens (including phenoxy) is 2. The number of benzene rings is 2. The molecule has 2 unspecified atom stereocenters. The molecule has 3 heterocycles. The molecule has 0 saturated carbocycles. The van der Waals surface area contributed by atoms with Gasteiger partial charge in [0.15, 0.2) is 0 Å². The van der Waals surface area contributed by atoms with E-state index in [2.05, 4.69) is 38.8 Å². The first-order valence-corrected chi connectivity index (χ1v) is 17.1. The van der Waals surface area contributed by atoms with Gasteiger partial charge in [0.1, 0.15) is 16.5 Å². The second kappa shape index (κ2) is 14.3. The minimum absolute atomic E-state index is 0.0766. The number of fused-ring (bicyclic) bond motifs is 2. The van der Waals surface area contributed by atoms with E-state index >= 15 is 0 Å². The molecule has 5 rings (SSSR count). The molecule has 0 aliphatic carbocycles. The zero-order valence-corrected chi connectivity index (χ0v) is 27.5. The van der Waals surface area contributed by atoms with Gasteiger partial charge >= 0.3 is 0 Å². The second-order valence-corrected chi connectivity index (χ2v) is 13.3. The van der Waals surface area contributed by atoms with Gasteiger partial charge in [-0.15, -0.1) is 15.9 Å². The molecule has 0 spiro atoms. The van der Waals surface area contributed by atoms with E-state index in [1.54, 1.807) is 22.6 Å². The van der Waals surface area contributed by atoms with Crippen molar-refractivity contribution in [2.75, 3.05) is 26.3 Å². The van der Waals surface area contributed by atoms with Crippen LogP contribution >= 0.6 is 10.8 Å². The predicted molar refractivity (Wildman–Crippen MR) is 176 cm³/mol. The molecular formula is C33H44N6O5S. The average molecular weight is 637 g/mol. The number of hydrogen-bond donors (Lipinski definition) is 3. The molecule has 2 atom stereocenters. The number of nitrogens with zero attached hydrogens (tertiary/aromatic N) is 5. The van der Waals surface area contributed by atoms with Crippen molar-refractivity contribution in [1.82, 2.24) is 29.6 Å². The number of carbonyl (C=O) groups excluding carboxylic acids is 1. The van der Waals surface area contributed by atoms with Crippen molar-refractivity contribution in [3.05, 3.63) is 76.5 Å². The summed E-state index contributed by atoms with van der Waals surface area (Å²) >= 11 is 0.